The van der Waals surface area contributed by atoms with Gasteiger partial charge in [-0.1, -0.05) is 363 Å². The van der Waals surface area contributed by atoms with Gasteiger partial charge in [0.25, 0.3) is 0 Å². The summed E-state index contributed by atoms with van der Waals surface area (Å²) in [5.74, 6) is -0.534. The van der Waals surface area contributed by atoms with Crippen LogP contribution in [0, 0.1) is 11.8 Å². The molecule has 19 heteroatoms. The van der Waals surface area contributed by atoms with Gasteiger partial charge in [-0.05, 0) is 37.5 Å². The van der Waals surface area contributed by atoms with E-state index in [2.05, 4.69) is 41.5 Å². The van der Waals surface area contributed by atoms with Crippen LogP contribution in [0.2, 0.25) is 0 Å². The van der Waals surface area contributed by atoms with Gasteiger partial charge >= 0.3 is 39.5 Å². The van der Waals surface area contributed by atoms with E-state index in [4.69, 9.17) is 37.0 Å². The zero-order valence-electron chi connectivity index (χ0n) is 64.1. The molecule has 582 valence electrons. The molecule has 0 heterocycles. The van der Waals surface area contributed by atoms with Gasteiger partial charge in [-0.15, -0.1) is 0 Å². The summed E-state index contributed by atoms with van der Waals surface area (Å²) in [6.45, 7) is 9.63. The first-order valence-electron chi connectivity index (χ1n) is 41.1. The second kappa shape index (κ2) is 70.7. The fourth-order valence-electron chi connectivity index (χ4n) is 12.1. The maximum atomic E-state index is 13.1. The zero-order valence-corrected chi connectivity index (χ0v) is 65.9. The van der Waals surface area contributed by atoms with Crippen LogP contribution in [0.5, 0.6) is 0 Å². The molecule has 0 aliphatic heterocycles. The van der Waals surface area contributed by atoms with Gasteiger partial charge in [0, 0.05) is 25.7 Å². The summed E-state index contributed by atoms with van der Waals surface area (Å²) in [4.78, 5) is 72.9. The van der Waals surface area contributed by atoms with Gasteiger partial charge in [0.15, 0.2) is 12.2 Å². The first-order chi connectivity index (χ1) is 47.4. The lowest BCUT2D eigenvalue weighted by Crippen LogP contribution is -2.30. The average Bonchev–Trinajstić information content (AvgIpc) is 1.01. The van der Waals surface area contributed by atoms with Crippen molar-refractivity contribution >= 4 is 39.5 Å². The molecule has 0 fully saturated rings. The van der Waals surface area contributed by atoms with Crippen molar-refractivity contribution in [2.24, 2.45) is 11.8 Å². The number of phosphoric ester groups is 2. The maximum Gasteiger partial charge on any atom is 0.472 e. The molecule has 7 atom stereocenters. The van der Waals surface area contributed by atoms with E-state index in [9.17, 15) is 43.2 Å². The highest BCUT2D eigenvalue weighted by Crippen LogP contribution is 2.45. The molecule has 0 aromatic heterocycles. The number of aliphatic hydroxyl groups excluding tert-OH is 1. The Bertz CT molecular complexity index is 1890. The topological polar surface area (TPSA) is 237 Å². The van der Waals surface area contributed by atoms with Gasteiger partial charge in [-0.3, -0.25) is 37.3 Å². The van der Waals surface area contributed by atoms with E-state index in [1.165, 1.54) is 225 Å². The standard InChI is InChI=1S/C79H154O17P2/c1-7-11-13-15-17-19-21-23-24-25-26-27-31-35-38-42-49-55-61-76(81)89-67-74(95-79(84)64-58-52-44-40-36-32-29-28-30-33-37-41-47-53-59-71(5)9-3)69-93-97(85,86)91-65-73(80)66-92-98(87,88)94-70-75(68-90-77(82)62-56-50-46-45-48-54-60-72(6)10-4)96-78(83)63-57-51-43-39-34-22-20-18-16-14-12-8-2/h71-75,80H,7-70H2,1-6H3,(H,85,86)(H,87,88)/t71?,72?,73-,74-,75-/m1/s1. The van der Waals surface area contributed by atoms with Crippen molar-refractivity contribution in [2.45, 2.75) is 432 Å². The Kier molecular flexibility index (Phi) is 69.3. The molecule has 0 rings (SSSR count). The fraction of sp³-hybridized carbons (Fsp3) is 0.949. The molecule has 98 heavy (non-hydrogen) atoms. The van der Waals surface area contributed by atoms with Gasteiger partial charge in [0.2, 0.25) is 0 Å². The van der Waals surface area contributed by atoms with Crippen LogP contribution >= 0.6 is 15.6 Å². The van der Waals surface area contributed by atoms with Crippen LogP contribution in [0.3, 0.4) is 0 Å². The van der Waals surface area contributed by atoms with E-state index in [1.54, 1.807) is 0 Å². The minimum absolute atomic E-state index is 0.107. The SMILES string of the molecule is CCCCCCCCCCCCCCCCCCCCC(=O)OC[C@H](COP(=O)(O)OC[C@@H](O)COP(=O)(O)OC[C@@H](COC(=O)CCCCCCCCC(C)CC)OC(=O)CCCCCCCCCCCCCC)OC(=O)CCCCCCCCCCCCCCCCC(C)CC. The van der Waals surface area contributed by atoms with E-state index >= 15 is 0 Å². The number of hydrogen-bond acceptors (Lipinski definition) is 15. The summed E-state index contributed by atoms with van der Waals surface area (Å²) in [6.07, 6.45) is 59.6. The Morgan fingerprint density at radius 2 is 0.490 bits per heavy atom. The largest absolute Gasteiger partial charge is 0.472 e. The van der Waals surface area contributed by atoms with E-state index in [0.29, 0.717) is 25.7 Å². The normalized spacial score (nSPS) is 14.5. The van der Waals surface area contributed by atoms with E-state index in [1.807, 2.05) is 0 Å². The van der Waals surface area contributed by atoms with Crippen molar-refractivity contribution in [3.63, 3.8) is 0 Å². The average molecular weight is 1440 g/mol. The Hall–Kier alpha value is -1.94. The molecular weight excluding hydrogens is 1280 g/mol. The summed E-state index contributed by atoms with van der Waals surface area (Å²) in [5.41, 5.74) is 0. The van der Waals surface area contributed by atoms with Gasteiger partial charge < -0.3 is 33.8 Å². The van der Waals surface area contributed by atoms with Crippen LogP contribution < -0.4 is 0 Å². The van der Waals surface area contributed by atoms with Crippen LogP contribution in [0.15, 0.2) is 0 Å². The highest BCUT2D eigenvalue weighted by molar-refractivity contribution is 7.47. The van der Waals surface area contributed by atoms with Crippen LogP contribution in [0.4, 0.5) is 0 Å². The number of unbranched alkanes of at least 4 members (excludes halogenated alkanes) is 46. The lowest BCUT2D eigenvalue weighted by Gasteiger charge is -2.21. The van der Waals surface area contributed by atoms with Gasteiger partial charge in [0.05, 0.1) is 26.4 Å². The third-order valence-electron chi connectivity index (χ3n) is 19.2. The van der Waals surface area contributed by atoms with Crippen LogP contribution in [0.25, 0.3) is 0 Å². The Morgan fingerprint density at radius 1 is 0.286 bits per heavy atom. The summed E-state index contributed by atoms with van der Waals surface area (Å²) < 4.78 is 68.6. The Morgan fingerprint density at radius 3 is 0.724 bits per heavy atom. The molecule has 0 aromatic carbocycles. The van der Waals surface area contributed by atoms with Crippen molar-refractivity contribution in [1.29, 1.82) is 0 Å². The first-order valence-corrected chi connectivity index (χ1v) is 44.1. The Labute approximate surface area is 600 Å². The molecule has 17 nitrogen and oxygen atoms in total. The number of aliphatic hydroxyl groups is 1. The number of rotatable bonds is 78. The second-order valence-corrected chi connectivity index (χ2v) is 31.8. The minimum Gasteiger partial charge on any atom is -0.462 e. The molecule has 0 aliphatic carbocycles. The first kappa shape index (κ1) is 96.1. The second-order valence-electron chi connectivity index (χ2n) is 28.9. The third-order valence-corrected chi connectivity index (χ3v) is 21.1. The number of ether oxygens (including phenoxy) is 4. The molecular formula is C79H154O17P2. The number of hydrogen-bond donors (Lipinski definition) is 3. The molecule has 3 N–H and O–H groups in total. The summed E-state index contributed by atoms with van der Waals surface area (Å²) in [6, 6.07) is 0. The van der Waals surface area contributed by atoms with Crippen molar-refractivity contribution < 1.29 is 80.2 Å². The van der Waals surface area contributed by atoms with E-state index in [0.717, 1.165) is 108 Å². The fourth-order valence-corrected chi connectivity index (χ4v) is 13.7. The maximum absolute atomic E-state index is 13.1. The summed E-state index contributed by atoms with van der Waals surface area (Å²) >= 11 is 0. The molecule has 0 bridgehead atoms. The molecule has 0 amide bonds. The van der Waals surface area contributed by atoms with Crippen molar-refractivity contribution in [3.05, 3.63) is 0 Å². The van der Waals surface area contributed by atoms with Gasteiger partial charge in [-0.25, -0.2) is 9.13 Å². The lowest BCUT2D eigenvalue weighted by atomic mass is 9.99. The van der Waals surface area contributed by atoms with Gasteiger partial charge in [0.1, 0.15) is 19.3 Å². The van der Waals surface area contributed by atoms with Crippen LogP contribution in [-0.4, -0.2) is 96.7 Å². The molecule has 0 aliphatic rings. The number of carbonyl (C=O) groups is 4. The number of esters is 4. The van der Waals surface area contributed by atoms with Crippen molar-refractivity contribution in [1.82, 2.24) is 0 Å². The highest BCUT2D eigenvalue weighted by Gasteiger charge is 2.30. The Balaban J connectivity index is 5.24. The molecule has 0 spiro atoms. The third kappa shape index (κ3) is 69.8. The smallest absolute Gasteiger partial charge is 0.462 e. The molecule has 4 unspecified atom stereocenters. The number of carbonyl (C=O) groups excluding carboxylic acids is 4. The van der Waals surface area contributed by atoms with Crippen molar-refractivity contribution in [3.8, 4) is 0 Å². The van der Waals surface area contributed by atoms with E-state index < -0.39 is 97.5 Å². The minimum atomic E-state index is -4.96. The molecule has 0 radical (unpaired) electrons. The van der Waals surface area contributed by atoms with Crippen molar-refractivity contribution in [2.75, 3.05) is 39.6 Å². The van der Waals surface area contributed by atoms with Crippen LogP contribution in [0.1, 0.15) is 414 Å². The highest BCUT2D eigenvalue weighted by atomic mass is 31.2. The molecule has 0 aromatic rings. The van der Waals surface area contributed by atoms with E-state index in [-0.39, 0.29) is 25.7 Å². The summed E-state index contributed by atoms with van der Waals surface area (Å²) in [5, 5.41) is 10.6. The van der Waals surface area contributed by atoms with Crippen LogP contribution in [-0.2, 0) is 65.4 Å². The summed E-state index contributed by atoms with van der Waals surface area (Å²) in [7, 11) is -9.92. The number of phosphoric acid groups is 2. The molecule has 0 saturated carbocycles. The lowest BCUT2D eigenvalue weighted by molar-refractivity contribution is -0.161. The zero-order chi connectivity index (χ0) is 72.1. The monoisotopic (exact) mass is 1440 g/mol. The quantitative estimate of drug-likeness (QED) is 0.0222. The molecule has 0 saturated heterocycles. The predicted octanol–water partition coefficient (Wildman–Crippen LogP) is 23.5. The predicted molar refractivity (Wildman–Crippen MR) is 400 cm³/mol. The van der Waals surface area contributed by atoms with Gasteiger partial charge in [-0.2, -0.15) is 0 Å².